The summed E-state index contributed by atoms with van der Waals surface area (Å²) in [6.45, 7) is 0. The topological polar surface area (TPSA) is 57.5 Å². The SMILES string of the molecule is O=C(O)CCc1cc(F)c(Br)cc1O. The molecule has 0 unspecified atom stereocenters. The Morgan fingerprint density at radius 3 is 2.71 bits per heavy atom. The lowest BCUT2D eigenvalue weighted by Gasteiger charge is -2.04. The van der Waals surface area contributed by atoms with Gasteiger partial charge in [0.15, 0.2) is 0 Å². The molecule has 3 nitrogen and oxygen atoms in total. The van der Waals surface area contributed by atoms with Gasteiger partial charge in [-0.05, 0) is 40.0 Å². The highest BCUT2D eigenvalue weighted by Gasteiger charge is 2.08. The van der Waals surface area contributed by atoms with Crippen molar-refractivity contribution in [2.45, 2.75) is 12.8 Å². The van der Waals surface area contributed by atoms with Crippen LogP contribution in [0.3, 0.4) is 0 Å². The van der Waals surface area contributed by atoms with E-state index in [1.165, 1.54) is 6.07 Å². The highest BCUT2D eigenvalue weighted by molar-refractivity contribution is 9.10. The van der Waals surface area contributed by atoms with Gasteiger partial charge < -0.3 is 10.2 Å². The molecule has 0 spiro atoms. The molecule has 0 atom stereocenters. The maximum atomic E-state index is 13.0. The monoisotopic (exact) mass is 262 g/mol. The van der Waals surface area contributed by atoms with E-state index in [2.05, 4.69) is 15.9 Å². The van der Waals surface area contributed by atoms with Gasteiger partial charge in [0.25, 0.3) is 0 Å². The molecule has 0 bridgehead atoms. The quantitative estimate of drug-likeness (QED) is 0.879. The van der Waals surface area contributed by atoms with Crippen LogP contribution in [0.1, 0.15) is 12.0 Å². The van der Waals surface area contributed by atoms with Gasteiger partial charge in [-0.2, -0.15) is 0 Å². The number of carboxylic acids is 1. The average molecular weight is 263 g/mol. The predicted molar refractivity (Wildman–Crippen MR) is 51.7 cm³/mol. The molecule has 0 saturated heterocycles. The third-order valence-corrected chi connectivity index (χ3v) is 2.34. The summed E-state index contributed by atoms with van der Waals surface area (Å²) in [5.74, 6) is -1.59. The minimum absolute atomic E-state index is 0.0977. The second-order valence-corrected chi connectivity index (χ2v) is 3.64. The van der Waals surface area contributed by atoms with Gasteiger partial charge in [0, 0.05) is 6.42 Å². The van der Waals surface area contributed by atoms with Crippen LogP contribution in [0.15, 0.2) is 16.6 Å². The maximum Gasteiger partial charge on any atom is 0.303 e. The smallest absolute Gasteiger partial charge is 0.303 e. The van der Waals surface area contributed by atoms with Crippen molar-refractivity contribution >= 4 is 21.9 Å². The summed E-state index contributed by atoms with van der Waals surface area (Å²) in [5, 5.41) is 17.7. The fraction of sp³-hybridized carbons (Fsp3) is 0.222. The third-order valence-electron chi connectivity index (χ3n) is 1.73. The van der Waals surface area contributed by atoms with Crippen LogP contribution in [-0.2, 0) is 11.2 Å². The molecule has 0 aliphatic carbocycles. The Kier molecular flexibility index (Phi) is 3.46. The number of carbonyl (C=O) groups is 1. The van der Waals surface area contributed by atoms with Gasteiger partial charge in [0.1, 0.15) is 11.6 Å². The number of rotatable bonds is 3. The minimum atomic E-state index is -0.979. The zero-order valence-corrected chi connectivity index (χ0v) is 8.71. The highest BCUT2D eigenvalue weighted by Crippen LogP contribution is 2.26. The zero-order valence-electron chi connectivity index (χ0n) is 7.13. The van der Waals surface area contributed by atoms with Crippen LogP contribution in [0.4, 0.5) is 4.39 Å². The summed E-state index contributed by atoms with van der Waals surface area (Å²) < 4.78 is 13.1. The summed E-state index contributed by atoms with van der Waals surface area (Å²) in [6.07, 6.45) is -0.0139. The molecule has 5 heteroatoms. The molecule has 1 aromatic carbocycles. The molecule has 0 aliphatic rings. The first-order valence-corrected chi connectivity index (χ1v) is 4.68. The largest absolute Gasteiger partial charge is 0.508 e. The van der Waals surface area contributed by atoms with Crippen LogP contribution in [0.25, 0.3) is 0 Å². The molecule has 0 saturated carbocycles. The van der Waals surface area contributed by atoms with Crippen LogP contribution in [0.5, 0.6) is 5.75 Å². The van der Waals surface area contributed by atoms with Gasteiger partial charge in [-0.1, -0.05) is 0 Å². The van der Waals surface area contributed by atoms with E-state index >= 15 is 0 Å². The van der Waals surface area contributed by atoms with E-state index in [0.717, 1.165) is 6.07 Å². The zero-order chi connectivity index (χ0) is 10.7. The molecule has 0 heterocycles. The second kappa shape index (κ2) is 4.41. The van der Waals surface area contributed by atoms with E-state index < -0.39 is 11.8 Å². The summed E-state index contributed by atoms with van der Waals surface area (Å²) in [6, 6.07) is 2.34. The van der Waals surface area contributed by atoms with Crippen LogP contribution >= 0.6 is 15.9 Å². The first-order chi connectivity index (χ1) is 6.50. The van der Waals surface area contributed by atoms with Gasteiger partial charge in [0.05, 0.1) is 4.47 Å². The van der Waals surface area contributed by atoms with Crippen molar-refractivity contribution in [3.05, 3.63) is 28.0 Å². The fourth-order valence-electron chi connectivity index (χ4n) is 1.02. The molecule has 14 heavy (non-hydrogen) atoms. The van der Waals surface area contributed by atoms with Crippen LogP contribution in [-0.4, -0.2) is 16.2 Å². The number of aryl methyl sites for hydroxylation is 1. The minimum Gasteiger partial charge on any atom is -0.508 e. The second-order valence-electron chi connectivity index (χ2n) is 2.79. The van der Waals surface area contributed by atoms with E-state index in [1.807, 2.05) is 0 Å². The summed E-state index contributed by atoms with van der Waals surface area (Å²) >= 11 is 2.91. The van der Waals surface area contributed by atoms with Crippen LogP contribution in [0.2, 0.25) is 0 Å². The number of aromatic hydroxyl groups is 1. The first kappa shape index (κ1) is 11.0. The van der Waals surface area contributed by atoms with Crippen molar-refractivity contribution in [3.63, 3.8) is 0 Å². The number of phenolic OH excluding ortho intramolecular Hbond substituents is 1. The van der Waals surface area contributed by atoms with Crippen molar-refractivity contribution in [2.75, 3.05) is 0 Å². The first-order valence-electron chi connectivity index (χ1n) is 3.89. The van der Waals surface area contributed by atoms with Gasteiger partial charge in [0.2, 0.25) is 0 Å². The summed E-state index contributed by atoms with van der Waals surface area (Å²) in [4.78, 5) is 10.3. The molecule has 1 aromatic rings. The Bertz CT molecular complexity index is 365. The Hall–Kier alpha value is -1.10. The standard InChI is InChI=1S/C9H8BrFO3/c10-6-4-8(12)5(3-7(6)11)1-2-9(13)14/h3-4,12H,1-2H2,(H,13,14). The third kappa shape index (κ3) is 2.70. The molecule has 0 aromatic heterocycles. The molecule has 0 fully saturated rings. The normalized spacial score (nSPS) is 10.1. The van der Waals surface area contributed by atoms with Crippen molar-refractivity contribution in [2.24, 2.45) is 0 Å². The lowest BCUT2D eigenvalue weighted by atomic mass is 10.1. The van der Waals surface area contributed by atoms with Crippen LogP contribution in [0, 0.1) is 5.82 Å². The number of hydrogen-bond acceptors (Lipinski definition) is 2. The molecule has 0 aliphatic heterocycles. The number of phenols is 1. The molecular formula is C9H8BrFO3. The Balaban J connectivity index is 2.87. The molecule has 76 valence electrons. The Morgan fingerprint density at radius 2 is 2.14 bits per heavy atom. The predicted octanol–water partition coefficient (Wildman–Crippen LogP) is 2.31. The van der Waals surface area contributed by atoms with Crippen LogP contribution < -0.4 is 0 Å². The molecule has 0 amide bonds. The number of benzene rings is 1. The fourth-order valence-corrected chi connectivity index (χ4v) is 1.35. The number of halogens is 2. The van der Waals surface area contributed by atoms with E-state index in [4.69, 9.17) is 5.11 Å². The van der Waals surface area contributed by atoms with E-state index in [0.29, 0.717) is 5.56 Å². The highest BCUT2D eigenvalue weighted by atomic mass is 79.9. The summed E-state index contributed by atoms with van der Waals surface area (Å²) in [5.41, 5.74) is 0.299. The molecule has 1 rings (SSSR count). The average Bonchev–Trinajstić information content (AvgIpc) is 2.09. The van der Waals surface area contributed by atoms with E-state index in [9.17, 15) is 14.3 Å². The number of aliphatic carboxylic acids is 1. The summed E-state index contributed by atoms with van der Waals surface area (Å²) in [7, 11) is 0. The lowest BCUT2D eigenvalue weighted by molar-refractivity contribution is -0.136. The van der Waals surface area contributed by atoms with Gasteiger partial charge in [-0.3, -0.25) is 4.79 Å². The molecule has 0 radical (unpaired) electrons. The molecular weight excluding hydrogens is 255 g/mol. The van der Waals surface area contributed by atoms with Gasteiger partial charge >= 0.3 is 5.97 Å². The van der Waals surface area contributed by atoms with Crippen molar-refractivity contribution in [1.82, 2.24) is 0 Å². The Morgan fingerprint density at radius 1 is 1.50 bits per heavy atom. The van der Waals surface area contributed by atoms with Gasteiger partial charge in [-0.15, -0.1) is 0 Å². The number of carboxylic acid groups (broad SMARTS) is 1. The van der Waals surface area contributed by atoms with Crippen molar-refractivity contribution in [3.8, 4) is 5.75 Å². The lowest BCUT2D eigenvalue weighted by Crippen LogP contribution is -1.98. The van der Waals surface area contributed by atoms with E-state index in [1.54, 1.807) is 0 Å². The van der Waals surface area contributed by atoms with Crippen molar-refractivity contribution < 1.29 is 19.4 Å². The number of hydrogen-bond donors (Lipinski definition) is 2. The van der Waals surface area contributed by atoms with Gasteiger partial charge in [-0.25, -0.2) is 4.39 Å². The Labute approximate surface area is 88.3 Å². The maximum absolute atomic E-state index is 13.0. The van der Waals surface area contributed by atoms with Crippen molar-refractivity contribution in [1.29, 1.82) is 0 Å². The van der Waals surface area contributed by atoms with E-state index in [-0.39, 0.29) is 23.1 Å². The molecule has 2 N–H and O–H groups in total.